The molecule has 0 aromatic carbocycles. The van der Waals surface area contributed by atoms with E-state index in [1.807, 2.05) is 0 Å². The second kappa shape index (κ2) is 5.01. The van der Waals surface area contributed by atoms with Crippen molar-refractivity contribution in [3.63, 3.8) is 0 Å². The van der Waals surface area contributed by atoms with Crippen LogP contribution in [0.25, 0.3) is 0 Å². The molecule has 0 aromatic heterocycles. The number of nitrogens with one attached hydrogen (secondary N) is 2. The molecule has 0 radical (unpaired) electrons. The van der Waals surface area contributed by atoms with Crippen molar-refractivity contribution in [1.29, 1.82) is 0 Å². The lowest BCUT2D eigenvalue weighted by molar-refractivity contribution is -0.150. The molecule has 2 heterocycles. The predicted molar refractivity (Wildman–Crippen MR) is 59.6 cm³/mol. The normalized spacial score (nSPS) is 28.5. The first kappa shape index (κ1) is 12.3. The molecule has 1 unspecified atom stereocenters. The van der Waals surface area contributed by atoms with Crippen molar-refractivity contribution in [2.45, 2.75) is 37.3 Å². The number of amides is 1. The van der Waals surface area contributed by atoms with Gasteiger partial charge in [-0.15, -0.1) is 0 Å². The fraction of sp³-hybridized carbons (Fsp3) is 0.818. The zero-order chi connectivity index (χ0) is 12.3. The summed E-state index contributed by atoms with van der Waals surface area (Å²) in [5.74, 6) is -0.984. The van der Waals surface area contributed by atoms with Gasteiger partial charge < -0.3 is 15.2 Å². The minimum absolute atomic E-state index is 0.0941. The van der Waals surface area contributed by atoms with Crippen LogP contribution in [-0.4, -0.2) is 48.3 Å². The highest BCUT2D eigenvalue weighted by Crippen LogP contribution is 2.23. The van der Waals surface area contributed by atoms with Crippen molar-refractivity contribution in [2.24, 2.45) is 0 Å². The molecule has 2 aliphatic rings. The summed E-state index contributed by atoms with van der Waals surface area (Å²) in [7, 11) is 0. The highest BCUT2D eigenvalue weighted by molar-refractivity contribution is 5.85. The number of carbonyl (C=O) groups excluding carboxylic acids is 1. The Balaban J connectivity index is 2.06. The summed E-state index contributed by atoms with van der Waals surface area (Å²) in [4.78, 5) is 23.0. The number of piperidine rings is 1. The largest absolute Gasteiger partial charge is 0.480 e. The molecule has 6 heteroatoms. The van der Waals surface area contributed by atoms with Crippen LogP contribution in [0.2, 0.25) is 0 Å². The molecule has 0 bridgehead atoms. The van der Waals surface area contributed by atoms with Crippen LogP contribution < -0.4 is 10.6 Å². The van der Waals surface area contributed by atoms with Crippen LogP contribution in [0.1, 0.15) is 25.7 Å². The summed E-state index contributed by atoms with van der Waals surface area (Å²) >= 11 is 0. The minimum atomic E-state index is -1.00. The van der Waals surface area contributed by atoms with E-state index in [4.69, 9.17) is 4.74 Å². The maximum Gasteiger partial charge on any atom is 0.324 e. The predicted octanol–water partition coefficient (Wildman–Crippen LogP) is -0.512. The van der Waals surface area contributed by atoms with Gasteiger partial charge in [-0.2, -0.15) is 0 Å². The third kappa shape index (κ3) is 2.58. The Hall–Kier alpha value is -1.14. The molecule has 96 valence electrons. The van der Waals surface area contributed by atoms with Gasteiger partial charge in [-0.25, -0.2) is 0 Å². The Labute approximate surface area is 99.7 Å². The summed E-state index contributed by atoms with van der Waals surface area (Å²) in [6.07, 6.45) is 2.40. The zero-order valence-corrected chi connectivity index (χ0v) is 9.70. The fourth-order valence-electron chi connectivity index (χ4n) is 2.38. The van der Waals surface area contributed by atoms with Crippen molar-refractivity contribution in [3.8, 4) is 0 Å². The molecule has 17 heavy (non-hydrogen) atoms. The van der Waals surface area contributed by atoms with Crippen molar-refractivity contribution in [2.75, 3.05) is 19.8 Å². The third-order valence-electron chi connectivity index (χ3n) is 3.49. The molecular formula is C11H18N2O4. The summed E-state index contributed by atoms with van der Waals surface area (Å²) in [6, 6.07) is -0.391. The lowest BCUT2D eigenvalue weighted by Gasteiger charge is -2.38. The van der Waals surface area contributed by atoms with Gasteiger partial charge in [-0.1, -0.05) is 0 Å². The summed E-state index contributed by atoms with van der Waals surface area (Å²) in [6.45, 7) is 1.53. The minimum Gasteiger partial charge on any atom is -0.480 e. The maximum absolute atomic E-state index is 11.6. The number of carboxylic acids is 1. The Bertz CT molecular complexity index is 313. The van der Waals surface area contributed by atoms with Crippen molar-refractivity contribution in [3.05, 3.63) is 0 Å². The number of carbonyl (C=O) groups is 2. The van der Waals surface area contributed by atoms with Crippen LogP contribution in [0, 0.1) is 0 Å². The van der Waals surface area contributed by atoms with Gasteiger partial charge in [-0.05, 0) is 25.7 Å². The van der Waals surface area contributed by atoms with Gasteiger partial charge in [0.15, 0.2) is 0 Å². The Morgan fingerprint density at radius 1 is 1.47 bits per heavy atom. The number of ether oxygens (including phenoxy) is 1. The van der Waals surface area contributed by atoms with Crippen LogP contribution in [-0.2, 0) is 14.3 Å². The average molecular weight is 242 g/mol. The van der Waals surface area contributed by atoms with E-state index in [0.717, 1.165) is 6.42 Å². The van der Waals surface area contributed by atoms with Crippen LogP contribution in [0.4, 0.5) is 0 Å². The lowest BCUT2D eigenvalue weighted by Crippen LogP contribution is -2.62. The quantitative estimate of drug-likeness (QED) is 0.620. The molecule has 0 aromatic rings. The van der Waals surface area contributed by atoms with Gasteiger partial charge in [0.1, 0.15) is 5.54 Å². The van der Waals surface area contributed by atoms with Crippen LogP contribution in [0.3, 0.4) is 0 Å². The molecule has 0 aliphatic carbocycles. The monoisotopic (exact) mass is 242 g/mol. The molecule has 1 amide bonds. The van der Waals surface area contributed by atoms with Crippen LogP contribution >= 0.6 is 0 Å². The van der Waals surface area contributed by atoms with Gasteiger partial charge in [0.2, 0.25) is 5.91 Å². The standard InChI is InChI=1S/C11H18N2O4/c14-9-8(2-1-5-12-9)13-11(10(15)16)3-6-17-7-4-11/h8,13H,1-7H2,(H,12,14)(H,15,16). The Kier molecular flexibility index (Phi) is 3.63. The number of hydrogen-bond acceptors (Lipinski definition) is 4. The number of hydrogen-bond donors (Lipinski definition) is 3. The van der Waals surface area contributed by atoms with Crippen LogP contribution in [0.5, 0.6) is 0 Å². The molecule has 1 atom stereocenters. The summed E-state index contributed by atoms with van der Waals surface area (Å²) in [5, 5.41) is 15.1. The number of rotatable bonds is 3. The van der Waals surface area contributed by atoms with Gasteiger partial charge in [0.25, 0.3) is 0 Å². The third-order valence-corrected chi connectivity index (χ3v) is 3.49. The molecule has 0 saturated carbocycles. The first-order chi connectivity index (χ1) is 8.14. The van der Waals surface area contributed by atoms with E-state index in [0.29, 0.717) is 39.0 Å². The fourth-order valence-corrected chi connectivity index (χ4v) is 2.38. The molecule has 3 N–H and O–H groups in total. The zero-order valence-electron chi connectivity index (χ0n) is 9.70. The number of aliphatic carboxylic acids is 1. The topological polar surface area (TPSA) is 87.7 Å². The van der Waals surface area contributed by atoms with Gasteiger partial charge in [0.05, 0.1) is 6.04 Å². The second-order valence-corrected chi connectivity index (χ2v) is 4.63. The molecule has 2 aliphatic heterocycles. The first-order valence-corrected chi connectivity index (χ1v) is 6.01. The molecule has 2 fully saturated rings. The second-order valence-electron chi connectivity index (χ2n) is 4.63. The van der Waals surface area contributed by atoms with Gasteiger partial charge >= 0.3 is 5.97 Å². The smallest absolute Gasteiger partial charge is 0.324 e. The molecule has 0 spiro atoms. The van der Waals surface area contributed by atoms with E-state index >= 15 is 0 Å². The highest BCUT2D eigenvalue weighted by atomic mass is 16.5. The number of carboxylic acid groups (broad SMARTS) is 1. The molecular weight excluding hydrogens is 224 g/mol. The maximum atomic E-state index is 11.6. The van der Waals surface area contributed by atoms with E-state index in [2.05, 4.69) is 10.6 Å². The van der Waals surface area contributed by atoms with Crippen molar-refractivity contribution < 1.29 is 19.4 Å². The van der Waals surface area contributed by atoms with E-state index in [1.54, 1.807) is 0 Å². The lowest BCUT2D eigenvalue weighted by atomic mass is 9.88. The van der Waals surface area contributed by atoms with Crippen molar-refractivity contribution >= 4 is 11.9 Å². The molecule has 6 nitrogen and oxygen atoms in total. The van der Waals surface area contributed by atoms with Crippen LogP contribution in [0.15, 0.2) is 0 Å². The summed E-state index contributed by atoms with van der Waals surface area (Å²) in [5.41, 5.74) is -1.00. The van der Waals surface area contributed by atoms with Crippen molar-refractivity contribution in [1.82, 2.24) is 10.6 Å². The van der Waals surface area contributed by atoms with Gasteiger partial charge in [-0.3, -0.25) is 14.9 Å². The SMILES string of the molecule is O=C1NCCCC1NC1(C(=O)O)CCOCC1. The molecule has 2 saturated heterocycles. The van der Waals surface area contributed by atoms with E-state index in [-0.39, 0.29) is 5.91 Å². The van der Waals surface area contributed by atoms with E-state index in [1.165, 1.54) is 0 Å². The Morgan fingerprint density at radius 3 is 2.76 bits per heavy atom. The average Bonchev–Trinajstić information content (AvgIpc) is 2.33. The highest BCUT2D eigenvalue weighted by Gasteiger charge is 2.43. The summed E-state index contributed by atoms with van der Waals surface area (Å²) < 4.78 is 5.19. The first-order valence-electron chi connectivity index (χ1n) is 6.01. The molecule has 2 rings (SSSR count). The van der Waals surface area contributed by atoms with E-state index < -0.39 is 17.6 Å². The van der Waals surface area contributed by atoms with E-state index in [9.17, 15) is 14.7 Å². The van der Waals surface area contributed by atoms with Gasteiger partial charge in [0, 0.05) is 19.8 Å². The Morgan fingerprint density at radius 2 is 2.18 bits per heavy atom.